The second-order valence-electron chi connectivity index (χ2n) is 5.49. The van der Waals surface area contributed by atoms with E-state index in [-0.39, 0.29) is 5.91 Å². The number of fused-ring (bicyclic) bond motifs is 1. The summed E-state index contributed by atoms with van der Waals surface area (Å²) < 4.78 is 5.21. The molecule has 1 aromatic rings. The molecule has 19 heavy (non-hydrogen) atoms. The summed E-state index contributed by atoms with van der Waals surface area (Å²) in [5.74, 6) is 0.931. The van der Waals surface area contributed by atoms with Crippen LogP contribution >= 0.6 is 0 Å². The number of likely N-dealkylation sites (tertiary alicyclic amines) is 1. The molecule has 0 N–H and O–H groups in total. The molecule has 0 spiro atoms. The number of benzene rings is 1. The minimum absolute atomic E-state index is 0.170. The molecule has 2 aliphatic rings. The number of piperidine rings is 1. The van der Waals surface area contributed by atoms with Crippen LogP contribution in [0, 0.1) is 0 Å². The Labute approximate surface area is 113 Å². The number of hydrogen-bond donors (Lipinski definition) is 0. The van der Waals surface area contributed by atoms with E-state index in [1.165, 1.54) is 0 Å². The molecule has 4 nitrogen and oxygen atoms in total. The number of carbonyl (C=O) groups excluding carboxylic acids is 1. The van der Waals surface area contributed by atoms with Gasteiger partial charge in [0.1, 0.15) is 5.75 Å². The van der Waals surface area contributed by atoms with E-state index in [2.05, 4.69) is 11.9 Å². The zero-order chi connectivity index (χ0) is 13.4. The number of carbonyl (C=O) groups is 1. The molecule has 0 aromatic heterocycles. The summed E-state index contributed by atoms with van der Waals surface area (Å²) in [5.41, 5.74) is 1.95. The first kappa shape index (κ1) is 12.5. The van der Waals surface area contributed by atoms with E-state index < -0.39 is 0 Å². The van der Waals surface area contributed by atoms with Crippen molar-refractivity contribution in [3.63, 3.8) is 0 Å². The fraction of sp³-hybridized carbons (Fsp3) is 0.533. The first-order valence-corrected chi connectivity index (χ1v) is 6.85. The predicted molar refractivity (Wildman–Crippen MR) is 73.4 cm³/mol. The van der Waals surface area contributed by atoms with Gasteiger partial charge in [-0.15, -0.1) is 0 Å². The lowest BCUT2D eigenvalue weighted by Crippen LogP contribution is -2.43. The van der Waals surface area contributed by atoms with Gasteiger partial charge in [0.15, 0.2) is 0 Å². The third-order valence-electron chi connectivity index (χ3n) is 4.28. The van der Waals surface area contributed by atoms with Crippen molar-refractivity contribution >= 4 is 5.91 Å². The van der Waals surface area contributed by atoms with Crippen LogP contribution in [0.1, 0.15) is 28.8 Å². The van der Waals surface area contributed by atoms with Gasteiger partial charge in [-0.05, 0) is 50.7 Å². The largest absolute Gasteiger partial charge is 0.497 e. The maximum absolute atomic E-state index is 12.5. The molecule has 3 rings (SSSR count). The van der Waals surface area contributed by atoms with E-state index in [9.17, 15) is 4.79 Å². The van der Waals surface area contributed by atoms with Crippen molar-refractivity contribution in [3.8, 4) is 5.75 Å². The molecular formula is C15H20N2O2. The van der Waals surface area contributed by atoms with Crippen LogP contribution in [0.15, 0.2) is 18.2 Å². The van der Waals surface area contributed by atoms with E-state index in [1.807, 2.05) is 23.1 Å². The second kappa shape index (κ2) is 4.85. The van der Waals surface area contributed by atoms with Gasteiger partial charge in [0.05, 0.1) is 7.11 Å². The smallest absolute Gasteiger partial charge is 0.254 e. The lowest BCUT2D eigenvalue weighted by atomic mass is 10.0. The lowest BCUT2D eigenvalue weighted by molar-refractivity contribution is 0.0616. The standard InChI is InChI=1S/C15H20N2O2/c1-16-7-5-12(6-8-16)17-10-11-3-4-13(19-2)9-14(11)15(17)18/h3-4,9,12H,5-8,10H2,1-2H3. The molecule has 1 saturated heterocycles. The summed E-state index contributed by atoms with van der Waals surface area (Å²) in [6.07, 6.45) is 2.15. The van der Waals surface area contributed by atoms with Crippen LogP contribution in [-0.4, -0.2) is 49.0 Å². The van der Waals surface area contributed by atoms with Crippen molar-refractivity contribution in [2.45, 2.75) is 25.4 Å². The van der Waals surface area contributed by atoms with Gasteiger partial charge < -0.3 is 14.5 Å². The summed E-state index contributed by atoms with van der Waals surface area (Å²) in [6, 6.07) is 6.21. The fourth-order valence-electron chi connectivity index (χ4n) is 3.03. The van der Waals surface area contributed by atoms with Gasteiger partial charge in [0.2, 0.25) is 0 Å². The number of amides is 1. The topological polar surface area (TPSA) is 32.8 Å². The number of hydrogen-bond acceptors (Lipinski definition) is 3. The van der Waals surface area contributed by atoms with E-state index in [0.717, 1.165) is 49.4 Å². The van der Waals surface area contributed by atoms with Gasteiger partial charge in [-0.1, -0.05) is 6.07 Å². The monoisotopic (exact) mass is 260 g/mol. The van der Waals surface area contributed by atoms with E-state index >= 15 is 0 Å². The van der Waals surface area contributed by atoms with E-state index in [4.69, 9.17) is 4.74 Å². The van der Waals surface area contributed by atoms with E-state index in [1.54, 1.807) is 7.11 Å². The molecule has 0 atom stereocenters. The molecule has 2 aliphatic heterocycles. The van der Waals surface area contributed by atoms with Gasteiger partial charge in [-0.2, -0.15) is 0 Å². The summed E-state index contributed by atoms with van der Waals surface area (Å²) >= 11 is 0. The van der Waals surface area contributed by atoms with Gasteiger partial charge in [-0.25, -0.2) is 0 Å². The quantitative estimate of drug-likeness (QED) is 0.812. The summed E-state index contributed by atoms with van der Waals surface area (Å²) in [5, 5.41) is 0. The average molecular weight is 260 g/mol. The van der Waals surface area contributed by atoms with Crippen molar-refractivity contribution in [3.05, 3.63) is 29.3 Å². The average Bonchev–Trinajstić information content (AvgIpc) is 2.76. The maximum Gasteiger partial charge on any atom is 0.254 e. The van der Waals surface area contributed by atoms with Crippen LogP contribution in [0.2, 0.25) is 0 Å². The van der Waals surface area contributed by atoms with Crippen molar-refractivity contribution in [2.24, 2.45) is 0 Å². The molecule has 102 valence electrons. The van der Waals surface area contributed by atoms with Crippen LogP contribution in [0.25, 0.3) is 0 Å². The van der Waals surface area contributed by atoms with E-state index in [0.29, 0.717) is 6.04 Å². The van der Waals surface area contributed by atoms with Crippen molar-refractivity contribution < 1.29 is 9.53 Å². The molecule has 0 bridgehead atoms. The Bertz CT molecular complexity index is 493. The van der Waals surface area contributed by atoms with Gasteiger partial charge in [0, 0.05) is 18.2 Å². The van der Waals surface area contributed by atoms with Crippen LogP contribution < -0.4 is 4.74 Å². The third-order valence-corrected chi connectivity index (χ3v) is 4.28. The van der Waals surface area contributed by atoms with Gasteiger partial charge >= 0.3 is 0 Å². The highest BCUT2D eigenvalue weighted by Gasteiger charge is 2.34. The van der Waals surface area contributed by atoms with Crippen molar-refractivity contribution in [2.75, 3.05) is 27.2 Å². The Kier molecular flexibility index (Phi) is 3.19. The summed E-state index contributed by atoms with van der Waals surface area (Å²) in [7, 11) is 3.78. The minimum atomic E-state index is 0.170. The lowest BCUT2D eigenvalue weighted by Gasteiger charge is -2.34. The van der Waals surface area contributed by atoms with Crippen molar-refractivity contribution in [1.29, 1.82) is 0 Å². The molecule has 0 aliphatic carbocycles. The first-order valence-electron chi connectivity index (χ1n) is 6.85. The molecule has 2 heterocycles. The highest BCUT2D eigenvalue weighted by atomic mass is 16.5. The SMILES string of the molecule is COc1ccc2c(c1)C(=O)N(C1CCN(C)CC1)C2. The minimum Gasteiger partial charge on any atom is -0.497 e. The highest BCUT2D eigenvalue weighted by Crippen LogP contribution is 2.30. The van der Waals surface area contributed by atoms with Gasteiger partial charge in [-0.3, -0.25) is 4.79 Å². The normalized spacial score (nSPS) is 20.7. The Hall–Kier alpha value is -1.55. The molecule has 1 fully saturated rings. The first-order chi connectivity index (χ1) is 9.19. The zero-order valence-electron chi connectivity index (χ0n) is 11.6. The Balaban J connectivity index is 1.79. The highest BCUT2D eigenvalue weighted by molar-refractivity contribution is 5.99. The maximum atomic E-state index is 12.5. The van der Waals surface area contributed by atoms with Crippen LogP contribution in [0.5, 0.6) is 5.75 Å². The van der Waals surface area contributed by atoms with Crippen molar-refractivity contribution in [1.82, 2.24) is 9.80 Å². The molecule has 1 amide bonds. The molecule has 4 heteroatoms. The van der Waals surface area contributed by atoms with Crippen LogP contribution in [0.4, 0.5) is 0 Å². The number of nitrogens with zero attached hydrogens (tertiary/aromatic N) is 2. The predicted octanol–water partition coefficient (Wildman–Crippen LogP) is 1.75. The fourth-order valence-corrected chi connectivity index (χ4v) is 3.03. The molecule has 0 unspecified atom stereocenters. The Morgan fingerprint density at radius 2 is 2.00 bits per heavy atom. The third kappa shape index (κ3) is 2.21. The van der Waals surface area contributed by atoms with Crippen LogP contribution in [0.3, 0.4) is 0 Å². The number of rotatable bonds is 2. The Morgan fingerprint density at radius 3 is 2.68 bits per heavy atom. The van der Waals surface area contributed by atoms with Gasteiger partial charge in [0.25, 0.3) is 5.91 Å². The number of methoxy groups -OCH3 is 1. The summed E-state index contributed by atoms with van der Waals surface area (Å²) in [6.45, 7) is 2.91. The van der Waals surface area contributed by atoms with Crippen LogP contribution in [-0.2, 0) is 6.54 Å². The molecule has 0 saturated carbocycles. The molecular weight excluding hydrogens is 240 g/mol. The zero-order valence-corrected chi connectivity index (χ0v) is 11.6. The Morgan fingerprint density at radius 1 is 1.26 bits per heavy atom. The second-order valence-corrected chi connectivity index (χ2v) is 5.49. The number of ether oxygens (including phenoxy) is 1. The molecule has 1 aromatic carbocycles. The summed E-state index contributed by atoms with van der Waals surface area (Å²) in [4.78, 5) is 16.9. The molecule has 0 radical (unpaired) electrons.